The molecule has 1 saturated carbocycles. The fourth-order valence-corrected chi connectivity index (χ4v) is 3.31. The second kappa shape index (κ2) is 4.59. The highest BCUT2D eigenvalue weighted by molar-refractivity contribution is 7.89. The summed E-state index contributed by atoms with van der Waals surface area (Å²) in [7, 11) is -3.08. The van der Waals surface area contributed by atoms with Gasteiger partial charge in [0.2, 0.25) is 10.0 Å². The summed E-state index contributed by atoms with van der Waals surface area (Å²) in [5, 5.41) is 0. The fraction of sp³-hybridized carbons (Fsp3) is 1.00. The molecule has 0 spiro atoms. The van der Waals surface area contributed by atoms with E-state index >= 15 is 0 Å². The van der Waals surface area contributed by atoms with Crippen molar-refractivity contribution in [2.45, 2.75) is 44.6 Å². The maximum atomic E-state index is 11.6. The number of unbranched alkanes of at least 4 members (excludes halogenated alkanes) is 1. The topological polar surface area (TPSA) is 72.2 Å². The zero-order valence-electron chi connectivity index (χ0n) is 8.75. The van der Waals surface area contributed by atoms with E-state index in [1.807, 2.05) is 6.92 Å². The highest BCUT2D eigenvalue weighted by Crippen LogP contribution is 2.31. The Hall–Kier alpha value is -0.130. The average Bonchev–Trinajstić information content (AvgIpc) is 2.01. The van der Waals surface area contributed by atoms with E-state index in [2.05, 4.69) is 4.72 Å². The van der Waals surface area contributed by atoms with E-state index in [-0.39, 0.29) is 11.3 Å². The van der Waals surface area contributed by atoms with Crippen LogP contribution in [0.4, 0.5) is 0 Å². The molecule has 1 rings (SSSR count). The van der Waals surface area contributed by atoms with Gasteiger partial charge in [-0.3, -0.25) is 0 Å². The van der Waals surface area contributed by atoms with Crippen molar-refractivity contribution in [1.82, 2.24) is 4.72 Å². The van der Waals surface area contributed by atoms with Gasteiger partial charge < -0.3 is 5.73 Å². The van der Waals surface area contributed by atoms with Crippen LogP contribution in [0.15, 0.2) is 0 Å². The molecule has 14 heavy (non-hydrogen) atoms. The molecule has 3 N–H and O–H groups in total. The minimum absolute atomic E-state index is 0.165. The summed E-state index contributed by atoms with van der Waals surface area (Å²) in [5.41, 5.74) is 5.14. The predicted octanol–water partition coefficient (Wildman–Crippen LogP) is 0.587. The van der Waals surface area contributed by atoms with Crippen LogP contribution in [-0.2, 0) is 10.0 Å². The monoisotopic (exact) mass is 220 g/mol. The molecule has 5 heteroatoms. The molecular formula is C9H20N2O2S. The largest absolute Gasteiger partial charge is 0.330 e. The SMILES string of the molecule is CC1(NS(=O)(=O)CCCCN)CCC1. The van der Waals surface area contributed by atoms with E-state index < -0.39 is 10.0 Å². The third-order valence-electron chi connectivity index (χ3n) is 2.73. The first-order valence-corrected chi connectivity index (χ1v) is 6.84. The van der Waals surface area contributed by atoms with Crippen LogP contribution in [0.1, 0.15) is 39.0 Å². The van der Waals surface area contributed by atoms with Gasteiger partial charge in [0.1, 0.15) is 0 Å². The van der Waals surface area contributed by atoms with E-state index in [4.69, 9.17) is 5.73 Å². The van der Waals surface area contributed by atoms with Gasteiger partial charge in [0.15, 0.2) is 0 Å². The van der Waals surface area contributed by atoms with E-state index in [1.54, 1.807) is 0 Å². The lowest BCUT2D eigenvalue weighted by Crippen LogP contribution is -2.51. The van der Waals surface area contributed by atoms with Crippen molar-refractivity contribution in [1.29, 1.82) is 0 Å². The Balaban J connectivity index is 2.34. The number of nitrogens with two attached hydrogens (primary N) is 1. The standard InChI is InChI=1S/C9H20N2O2S/c1-9(5-4-6-9)11-14(12,13)8-3-2-7-10/h11H,2-8,10H2,1H3. The van der Waals surface area contributed by atoms with Gasteiger partial charge in [-0.15, -0.1) is 0 Å². The molecule has 0 aromatic carbocycles. The molecule has 4 nitrogen and oxygen atoms in total. The normalized spacial score (nSPS) is 20.4. The number of nitrogens with one attached hydrogen (secondary N) is 1. The highest BCUT2D eigenvalue weighted by atomic mass is 32.2. The number of hydrogen-bond acceptors (Lipinski definition) is 3. The third kappa shape index (κ3) is 3.55. The molecule has 0 radical (unpaired) electrons. The second-order valence-corrected chi connectivity index (χ2v) is 6.17. The summed E-state index contributed by atoms with van der Waals surface area (Å²) in [4.78, 5) is 0. The highest BCUT2D eigenvalue weighted by Gasteiger charge is 2.35. The van der Waals surface area contributed by atoms with Gasteiger partial charge in [-0.2, -0.15) is 0 Å². The minimum atomic E-state index is -3.08. The predicted molar refractivity (Wildman–Crippen MR) is 57.5 cm³/mol. The van der Waals surface area contributed by atoms with Crippen LogP contribution in [0, 0.1) is 0 Å². The molecule has 0 aliphatic heterocycles. The van der Waals surface area contributed by atoms with Gasteiger partial charge in [0, 0.05) is 5.54 Å². The molecule has 0 saturated heterocycles. The summed E-state index contributed by atoms with van der Waals surface area (Å²) in [5.74, 6) is 0.208. The molecule has 0 atom stereocenters. The molecule has 0 aromatic rings. The Kier molecular flexibility index (Phi) is 3.92. The third-order valence-corrected chi connectivity index (χ3v) is 4.36. The zero-order valence-corrected chi connectivity index (χ0v) is 9.57. The first-order valence-electron chi connectivity index (χ1n) is 5.19. The second-order valence-electron chi connectivity index (χ2n) is 4.33. The van der Waals surface area contributed by atoms with Crippen LogP contribution < -0.4 is 10.5 Å². The van der Waals surface area contributed by atoms with E-state index in [0.29, 0.717) is 13.0 Å². The maximum Gasteiger partial charge on any atom is 0.212 e. The number of sulfonamides is 1. The molecule has 0 amide bonds. The van der Waals surface area contributed by atoms with Crippen LogP contribution in [-0.4, -0.2) is 26.3 Å². The number of rotatable bonds is 6. The average molecular weight is 220 g/mol. The van der Waals surface area contributed by atoms with Crippen LogP contribution in [0.25, 0.3) is 0 Å². The van der Waals surface area contributed by atoms with E-state index in [0.717, 1.165) is 25.7 Å². The quantitative estimate of drug-likeness (QED) is 0.643. The van der Waals surface area contributed by atoms with Crippen molar-refractivity contribution < 1.29 is 8.42 Å². The van der Waals surface area contributed by atoms with E-state index in [1.165, 1.54) is 0 Å². The lowest BCUT2D eigenvalue weighted by molar-refractivity contribution is 0.248. The van der Waals surface area contributed by atoms with Gasteiger partial charge in [0.05, 0.1) is 5.75 Å². The Morgan fingerprint density at radius 2 is 2.00 bits per heavy atom. The minimum Gasteiger partial charge on any atom is -0.330 e. The van der Waals surface area contributed by atoms with Crippen molar-refractivity contribution >= 4 is 10.0 Å². The van der Waals surface area contributed by atoms with Crippen LogP contribution >= 0.6 is 0 Å². The van der Waals surface area contributed by atoms with Gasteiger partial charge in [0.25, 0.3) is 0 Å². The molecular weight excluding hydrogens is 200 g/mol. The summed E-state index contributed by atoms with van der Waals surface area (Å²) in [6, 6.07) is 0. The summed E-state index contributed by atoms with van der Waals surface area (Å²) in [6.07, 6.45) is 4.48. The number of hydrogen-bond donors (Lipinski definition) is 2. The Morgan fingerprint density at radius 1 is 1.36 bits per heavy atom. The van der Waals surface area contributed by atoms with Gasteiger partial charge in [-0.25, -0.2) is 13.1 Å². The first kappa shape index (κ1) is 11.9. The molecule has 1 aliphatic carbocycles. The molecule has 0 aromatic heterocycles. The maximum absolute atomic E-state index is 11.6. The molecule has 0 bridgehead atoms. The summed E-state index contributed by atoms with van der Waals surface area (Å²) < 4.78 is 25.9. The smallest absolute Gasteiger partial charge is 0.212 e. The van der Waals surface area contributed by atoms with Crippen LogP contribution in [0.2, 0.25) is 0 Å². The van der Waals surface area contributed by atoms with Gasteiger partial charge in [-0.05, 0) is 45.6 Å². The molecule has 0 unspecified atom stereocenters. The lowest BCUT2D eigenvalue weighted by Gasteiger charge is -2.38. The van der Waals surface area contributed by atoms with Crippen LogP contribution in [0.3, 0.4) is 0 Å². The first-order chi connectivity index (χ1) is 6.47. The van der Waals surface area contributed by atoms with Crippen molar-refractivity contribution in [3.05, 3.63) is 0 Å². The van der Waals surface area contributed by atoms with Gasteiger partial charge >= 0.3 is 0 Å². The van der Waals surface area contributed by atoms with Gasteiger partial charge in [-0.1, -0.05) is 0 Å². The Bertz CT molecular complexity index is 271. The molecule has 0 heterocycles. The molecule has 1 aliphatic rings. The van der Waals surface area contributed by atoms with Crippen molar-refractivity contribution in [3.8, 4) is 0 Å². The van der Waals surface area contributed by atoms with Crippen molar-refractivity contribution in [2.75, 3.05) is 12.3 Å². The fourth-order valence-electron chi connectivity index (χ4n) is 1.67. The van der Waals surface area contributed by atoms with E-state index in [9.17, 15) is 8.42 Å². The summed E-state index contributed by atoms with van der Waals surface area (Å²) >= 11 is 0. The zero-order chi connectivity index (χ0) is 10.7. The molecule has 1 fully saturated rings. The van der Waals surface area contributed by atoms with Crippen molar-refractivity contribution in [3.63, 3.8) is 0 Å². The molecule has 84 valence electrons. The van der Waals surface area contributed by atoms with Crippen LogP contribution in [0.5, 0.6) is 0 Å². The Labute approximate surface area is 86.3 Å². The Morgan fingerprint density at radius 3 is 2.43 bits per heavy atom. The lowest BCUT2D eigenvalue weighted by atomic mass is 9.80. The summed E-state index contributed by atoms with van der Waals surface area (Å²) in [6.45, 7) is 2.53. The van der Waals surface area contributed by atoms with Crippen molar-refractivity contribution in [2.24, 2.45) is 5.73 Å².